The number of hydrogen-bond donors (Lipinski definition) is 2. The van der Waals surface area contributed by atoms with Crippen molar-refractivity contribution in [3.8, 4) is 0 Å². The summed E-state index contributed by atoms with van der Waals surface area (Å²) in [7, 11) is -3.44. The van der Waals surface area contributed by atoms with E-state index in [0.717, 1.165) is 19.1 Å². The first-order valence-corrected chi connectivity index (χ1v) is 10.1. The summed E-state index contributed by atoms with van der Waals surface area (Å²) >= 11 is 0. The van der Waals surface area contributed by atoms with Crippen molar-refractivity contribution in [1.82, 2.24) is 10.6 Å². The number of nitrogens with one attached hydrogen (secondary N) is 2. The Morgan fingerprint density at radius 3 is 2.39 bits per heavy atom. The number of sulfone groups is 1. The zero-order valence-corrected chi connectivity index (χ0v) is 15.4. The van der Waals surface area contributed by atoms with Gasteiger partial charge in [-0.15, -0.1) is 12.4 Å². The van der Waals surface area contributed by atoms with Crippen LogP contribution in [-0.2, 0) is 19.4 Å². The number of carbonyl (C=O) groups is 1. The van der Waals surface area contributed by atoms with Crippen molar-refractivity contribution in [1.29, 1.82) is 0 Å². The minimum absolute atomic E-state index is 0. The molecule has 8 heteroatoms. The molecule has 2 rings (SSSR count). The summed E-state index contributed by atoms with van der Waals surface area (Å²) in [5.74, 6) is -0.372. The predicted molar refractivity (Wildman–Crippen MR) is 92.8 cm³/mol. The average molecular weight is 369 g/mol. The SMILES string of the molecule is CS(=O)(=O)C1(C(=O)NCCOC2CCCCC2)CCNCC1.Cl. The first-order valence-electron chi connectivity index (χ1n) is 8.26. The first-order chi connectivity index (χ1) is 10.5. The summed E-state index contributed by atoms with van der Waals surface area (Å²) in [4.78, 5) is 12.4. The molecule has 0 radical (unpaired) electrons. The highest BCUT2D eigenvalue weighted by molar-refractivity contribution is 7.92. The Bertz CT molecular complexity index is 472. The number of ether oxygens (including phenoxy) is 1. The average Bonchev–Trinajstić information content (AvgIpc) is 2.52. The molecule has 0 aromatic heterocycles. The maximum atomic E-state index is 12.4. The maximum Gasteiger partial charge on any atom is 0.241 e. The predicted octanol–water partition coefficient (Wildman–Crippen LogP) is 1.04. The summed E-state index contributed by atoms with van der Waals surface area (Å²) in [5, 5.41) is 5.88. The van der Waals surface area contributed by atoms with Crippen LogP contribution >= 0.6 is 12.4 Å². The van der Waals surface area contributed by atoms with E-state index in [4.69, 9.17) is 4.74 Å². The fourth-order valence-corrected chi connectivity index (χ4v) is 4.73. The minimum Gasteiger partial charge on any atom is -0.376 e. The van der Waals surface area contributed by atoms with E-state index in [2.05, 4.69) is 10.6 Å². The van der Waals surface area contributed by atoms with Crippen LogP contribution in [0.25, 0.3) is 0 Å². The first kappa shape index (κ1) is 20.7. The fourth-order valence-electron chi connectivity index (χ4n) is 3.38. The summed E-state index contributed by atoms with van der Waals surface area (Å²) in [6.07, 6.45) is 8.01. The smallest absolute Gasteiger partial charge is 0.241 e. The molecule has 1 saturated heterocycles. The molecule has 0 atom stereocenters. The Labute approximate surface area is 145 Å². The van der Waals surface area contributed by atoms with Gasteiger partial charge in [0.1, 0.15) is 0 Å². The van der Waals surface area contributed by atoms with Crippen LogP contribution < -0.4 is 10.6 Å². The van der Waals surface area contributed by atoms with Gasteiger partial charge in [-0.1, -0.05) is 19.3 Å². The van der Waals surface area contributed by atoms with Crippen LogP contribution in [0.5, 0.6) is 0 Å². The van der Waals surface area contributed by atoms with Crippen molar-refractivity contribution in [2.75, 3.05) is 32.5 Å². The lowest BCUT2D eigenvalue weighted by molar-refractivity contribution is -0.124. The van der Waals surface area contributed by atoms with E-state index < -0.39 is 14.6 Å². The second kappa shape index (κ2) is 9.20. The summed E-state index contributed by atoms with van der Waals surface area (Å²) < 4.78 is 28.7. The third kappa shape index (κ3) is 5.31. The zero-order valence-electron chi connectivity index (χ0n) is 13.8. The molecular weight excluding hydrogens is 340 g/mol. The Morgan fingerprint density at radius 1 is 1.22 bits per heavy atom. The van der Waals surface area contributed by atoms with Gasteiger partial charge in [0.05, 0.1) is 12.7 Å². The van der Waals surface area contributed by atoms with Gasteiger partial charge in [-0.3, -0.25) is 4.79 Å². The molecule has 0 bridgehead atoms. The van der Waals surface area contributed by atoms with Crippen molar-refractivity contribution < 1.29 is 17.9 Å². The molecule has 1 amide bonds. The second-order valence-corrected chi connectivity index (χ2v) is 8.73. The number of rotatable bonds is 6. The van der Waals surface area contributed by atoms with Crippen molar-refractivity contribution in [3.63, 3.8) is 0 Å². The van der Waals surface area contributed by atoms with Crippen LogP contribution in [0, 0.1) is 0 Å². The molecule has 2 N–H and O–H groups in total. The molecule has 0 aromatic carbocycles. The highest BCUT2D eigenvalue weighted by Gasteiger charge is 2.48. The molecule has 0 spiro atoms. The molecule has 2 aliphatic rings. The van der Waals surface area contributed by atoms with E-state index in [-0.39, 0.29) is 18.3 Å². The van der Waals surface area contributed by atoms with Gasteiger partial charge >= 0.3 is 0 Å². The van der Waals surface area contributed by atoms with Crippen LogP contribution in [-0.4, -0.2) is 57.7 Å². The molecular formula is C15H29ClN2O4S. The summed E-state index contributed by atoms with van der Waals surface area (Å²) in [5.41, 5.74) is 0. The number of amides is 1. The van der Waals surface area contributed by atoms with Crippen molar-refractivity contribution in [2.45, 2.75) is 55.8 Å². The van der Waals surface area contributed by atoms with E-state index in [1.54, 1.807) is 0 Å². The minimum atomic E-state index is -3.44. The van der Waals surface area contributed by atoms with E-state index >= 15 is 0 Å². The fraction of sp³-hybridized carbons (Fsp3) is 0.933. The van der Waals surface area contributed by atoms with Crippen LogP contribution in [0.15, 0.2) is 0 Å². The number of carbonyl (C=O) groups excluding carboxylic acids is 1. The van der Waals surface area contributed by atoms with Gasteiger partial charge in [0.2, 0.25) is 5.91 Å². The Morgan fingerprint density at radius 2 is 1.83 bits per heavy atom. The lowest BCUT2D eigenvalue weighted by Gasteiger charge is -2.34. The topological polar surface area (TPSA) is 84.5 Å². The number of halogens is 1. The molecule has 2 fully saturated rings. The molecule has 1 aliphatic carbocycles. The van der Waals surface area contributed by atoms with Gasteiger partial charge in [-0.25, -0.2) is 8.42 Å². The lowest BCUT2D eigenvalue weighted by atomic mass is 9.96. The molecule has 6 nitrogen and oxygen atoms in total. The van der Waals surface area contributed by atoms with Crippen molar-refractivity contribution >= 4 is 28.2 Å². The van der Waals surface area contributed by atoms with Crippen LogP contribution in [0.3, 0.4) is 0 Å². The standard InChI is InChI=1S/C15H28N2O4S.ClH/c1-22(19,20)15(7-9-16-10-8-15)14(18)17-11-12-21-13-5-3-2-4-6-13;/h13,16H,2-12H2,1H3,(H,17,18);1H. The van der Waals surface area contributed by atoms with Gasteiger partial charge in [0.15, 0.2) is 14.6 Å². The van der Waals surface area contributed by atoms with E-state index in [9.17, 15) is 13.2 Å². The third-order valence-electron chi connectivity index (χ3n) is 4.83. The van der Waals surface area contributed by atoms with Gasteiger partial charge in [-0.2, -0.15) is 0 Å². The van der Waals surface area contributed by atoms with Crippen LogP contribution in [0.4, 0.5) is 0 Å². The number of piperidine rings is 1. The molecule has 1 heterocycles. The highest BCUT2D eigenvalue weighted by Crippen LogP contribution is 2.28. The maximum absolute atomic E-state index is 12.4. The molecule has 136 valence electrons. The van der Waals surface area contributed by atoms with Gasteiger partial charge in [0, 0.05) is 12.8 Å². The van der Waals surface area contributed by atoms with Gasteiger partial charge in [-0.05, 0) is 38.8 Å². The second-order valence-electron chi connectivity index (χ2n) is 6.40. The summed E-state index contributed by atoms with van der Waals surface area (Å²) in [6.45, 7) is 1.94. The van der Waals surface area contributed by atoms with Crippen LogP contribution in [0.1, 0.15) is 44.9 Å². The van der Waals surface area contributed by atoms with Crippen LogP contribution in [0.2, 0.25) is 0 Å². The van der Waals surface area contributed by atoms with Crippen molar-refractivity contribution in [3.05, 3.63) is 0 Å². The van der Waals surface area contributed by atoms with Gasteiger partial charge < -0.3 is 15.4 Å². The molecule has 1 saturated carbocycles. The van der Waals surface area contributed by atoms with E-state index in [1.807, 2.05) is 0 Å². The molecule has 23 heavy (non-hydrogen) atoms. The Hall–Kier alpha value is -0.370. The Kier molecular flexibility index (Phi) is 8.27. The monoisotopic (exact) mass is 368 g/mol. The van der Waals surface area contributed by atoms with E-state index in [0.29, 0.717) is 45.2 Å². The lowest BCUT2D eigenvalue weighted by Crippen LogP contribution is -2.57. The zero-order chi connectivity index (χ0) is 16.1. The largest absolute Gasteiger partial charge is 0.376 e. The molecule has 0 aromatic rings. The summed E-state index contributed by atoms with van der Waals surface area (Å²) in [6, 6.07) is 0. The Balaban J connectivity index is 0.00000264. The normalized spacial score (nSPS) is 22.1. The van der Waals surface area contributed by atoms with E-state index in [1.165, 1.54) is 19.3 Å². The molecule has 1 aliphatic heterocycles. The molecule has 0 unspecified atom stereocenters. The quantitative estimate of drug-likeness (QED) is 0.684. The van der Waals surface area contributed by atoms with Gasteiger partial charge in [0.25, 0.3) is 0 Å². The van der Waals surface area contributed by atoms with Crippen molar-refractivity contribution in [2.24, 2.45) is 0 Å². The number of hydrogen-bond acceptors (Lipinski definition) is 5. The highest BCUT2D eigenvalue weighted by atomic mass is 35.5. The third-order valence-corrected chi connectivity index (χ3v) is 6.84.